The number of urea groups is 1. The summed E-state index contributed by atoms with van der Waals surface area (Å²) >= 11 is 0. The predicted molar refractivity (Wildman–Crippen MR) is 110 cm³/mol. The van der Waals surface area contributed by atoms with E-state index < -0.39 is 5.97 Å². The summed E-state index contributed by atoms with van der Waals surface area (Å²) in [7, 11) is 1.33. The highest BCUT2D eigenvalue weighted by atomic mass is 16.7. The molecule has 0 spiro atoms. The Bertz CT molecular complexity index is 1140. The van der Waals surface area contributed by atoms with E-state index in [-0.39, 0.29) is 18.9 Å². The second-order valence-corrected chi connectivity index (χ2v) is 7.22. The highest BCUT2D eigenvalue weighted by Gasteiger charge is 2.35. The summed E-state index contributed by atoms with van der Waals surface area (Å²) in [6.07, 6.45) is 2.32. The maximum absolute atomic E-state index is 13.2. The van der Waals surface area contributed by atoms with Crippen molar-refractivity contribution in [3.63, 3.8) is 0 Å². The predicted octanol–water partition coefficient (Wildman–Crippen LogP) is 3.10. The van der Waals surface area contributed by atoms with Crippen LogP contribution in [0.3, 0.4) is 0 Å². The van der Waals surface area contributed by atoms with Crippen LogP contribution in [0.25, 0.3) is 0 Å². The average Bonchev–Trinajstić information content (AvgIpc) is 3.47. The highest BCUT2D eigenvalue weighted by Crippen LogP contribution is 2.39. The first kappa shape index (κ1) is 19.0. The van der Waals surface area contributed by atoms with Crippen LogP contribution in [0.5, 0.6) is 11.5 Å². The number of amides is 2. The van der Waals surface area contributed by atoms with Crippen molar-refractivity contribution >= 4 is 17.7 Å². The van der Waals surface area contributed by atoms with Gasteiger partial charge in [-0.3, -0.25) is 0 Å². The number of anilines is 1. The lowest BCUT2D eigenvalue weighted by atomic mass is 9.95. The van der Waals surface area contributed by atoms with Gasteiger partial charge in [-0.25, -0.2) is 14.6 Å². The summed E-state index contributed by atoms with van der Waals surface area (Å²) in [4.78, 5) is 34.2. The Hall–Kier alpha value is -4.01. The van der Waals surface area contributed by atoms with E-state index in [1.165, 1.54) is 7.11 Å². The minimum atomic E-state index is -0.428. The Balaban J connectivity index is 1.43. The number of imidazole rings is 1. The van der Waals surface area contributed by atoms with Crippen molar-refractivity contribution in [3.8, 4) is 11.5 Å². The second kappa shape index (κ2) is 7.67. The van der Waals surface area contributed by atoms with E-state index in [1.54, 1.807) is 35.5 Å². The molecule has 3 aromatic rings. The van der Waals surface area contributed by atoms with Crippen molar-refractivity contribution in [2.24, 2.45) is 0 Å². The molecule has 0 radical (unpaired) electrons. The SMILES string of the molecule is COC(=O)c1ccc(NC(=O)N2CCc3[nH]cnc3[C@@H]2c2ccc3c(c2)OCO3)cc1. The Morgan fingerprint density at radius 3 is 2.77 bits per heavy atom. The van der Waals surface area contributed by atoms with Crippen molar-refractivity contribution in [3.05, 3.63) is 71.3 Å². The molecule has 0 unspecified atom stereocenters. The topological polar surface area (TPSA) is 106 Å². The van der Waals surface area contributed by atoms with E-state index in [9.17, 15) is 9.59 Å². The molecule has 2 N–H and O–H groups in total. The molecule has 2 aromatic carbocycles. The molecule has 0 bridgehead atoms. The smallest absolute Gasteiger partial charge is 0.337 e. The number of esters is 1. The summed E-state index contributed by atoms with van der Waals surface area (Å²) in [6, 6.07) is 11.6. The van der Waals surface area contributed by atoms with Crippen LogP contribution in [-0.4, -0.2) is 47.3 Å². The lowest BCUT2D eigenvalue weighted by molar-refractivity contribution is 0.0600. The number of fused-ring (bicyclic) bond motifs is 2. The Morgan fingerprint density at radius 1 is 1.16 bits per heavy atom. The summed E-state index contributed by atoms with van der Waals surface area (Å²) < 4.78 is 15.6. The molecular formula is C22H20N4O5. The zero-order valence-electron chi connectivity index (χ0n) is 16.8. The van der Waals surface area contributed by atoms with Gasteiger partial charge in [0.25, 0.3) is 0 Å². The summed E-state index contributed by atoms with van der Waals surface area (Å²) in [5.41, 5.74) is 3.69. The molecule has 2 aliphatic rings. The van der Waals surface area contributed by atoms with Crippen LogP contribution in [0.2, 0.25) is 0 Å². The molecule has 0 saturated carbocycles. The van der Waals surface area contributed by atoms with Gasteiger partial charge in [-0.15, -0.1) is 0 Å². The van der Waals surface area contributed by atoms with Gasteiger partial charge in [0, 0.05) is 24.3 Å². The van der Waals surface area contributed by atoms with Gasteiger partial charge in [0.2, 0.25) is 6.79 Å². The molecule has 0 aliphatic carbocycles. The van der Waals surface area contributed by atoms with Crippen LogP contribution in [-0.2, 0) is 11.2 Å². The number of aromatic amines is 1. The first-order chi connectivity index (χ1) is 15.1. The van der Waals surface area contributed by atoms with Crippen LogP contribution in [0, 0.1) is 0 Å². The van der Waals surface area contributed by atoms with Crippen LogP contribution in [0.1, 0.15) is 33.4 Å². The minimum absolute atomic E-state index is 0.183. The third-order valence-corrected chi connectivity index (χ3v) is 5.46. The number of nitrogens with one attached hydrogen (secondary N) is 2. The zero-order chi connectivity index (χ0) is 21.4. The standard InChI is InChI=1S/C22H20N4O5/c1-29-21(27)13-2-5-15(6-3-13)25-22(28)26-9-8-16-19(24-11-23-16)20(26)14-4-7-17-18(10-14)31-12-30-17/h2-7,10-11,20H,8-9,12H2,1H3,(H,23,24)(H,25,28)/t20-/m0/s1. The average molecular weight is 420 g/mol. The number of methoxy groups -OCH3 is 1. The molecule has 0 saturated heterocycles. The van der Waals surface area contributed by atoms with Gasteiger partial charge in [-0.1, -0.05) is 6.07 Å². The number of H-pyrrole nitrogens is 1. The number of benzene rings is 2. The van der Waals surface area contributed by atoms with Crippen LogP contribution in [0.15, 0.2) is 48.8 Å². The number of hydrogen-bond donors (Lipinski definition) is 2. The number of aromatic nitrogens is 2. The van der Waals surface area contributed by atoms with Gasteiger partial charge in [0.1, 0.15) is 6.04 Å². The van der Waals surface area contributed by atoms with Crippen molar-refractivity contribution in [1.82, 2.24) is 14.9 Å². The molecule has 31 heavy (non-hydrogen) atoms. The van der Waals surface area contributed by atoms with E-state index in [1.807, 2.05) is 18.2 Å². The molecule has 1 aromatic heterocycles. The fourth-order valence-electron chi connectivity index (χ4n) is 3.92. The maximum atomic E-state index is 13.2. The number of carbonyl (C=O) groups excluding carboxylic acids is 2. The zero-order valence-corrected chi connectivity index (χ0v) is 16.8. The number of hydrogen-bond acceptors (Lipinski definition) is 6. The fraction of sp³-hybridized carbons (Fsp3) is 0.227. The normalized spacial score (nSPS) is 16.5. The molecule has 9 heteroatoms. The first-order valence-electron chi connectivity index (χ1n) is 9.82. The minimum Gasteiger partial charge on any atom is -0.465 e. The van der Waals surface area contributed by atoms with Gasteiger partial charge in [0.15, 0.2) is 11.5 Å². The van der Waals surface area contributed by atoms with E-state index in [0.29, 0.717) is 35.7 Å². The van der Waals surface area contributed by atoms with Gasteiger partial charge < -0.3 is 29.4 Å². The van der Waals surface area contributed by atoms with Crippen molar-refractivity contribution in [1.29, 1.82) is 0 Å². The third-order valence-electron chi connectivity index (χ3n) is 5.46. The molecular weight excluding hydrogens is 400 g/mol. The molecule has 3 heterocycles. The summed E-state index contributed by atoms with van der Waals surface area (Å²) in [6.45, 7) is 0.698. The van der Waals surface area contributed by atoms with Crippen LogP contribution in [0.4, 0.5) is 10.5 Å². The van der Waals surface area contributed by atoms with Crippen LogP contribution >= 0.6 is 0 Å². The van der Waals surface area contributed by atoms with Crippen molar-refractivity contribution in [2.75, 3.05) is 25.8 Å². The summed E-state index contributed by atoms with van der Waals surface area (Å²) in [5.74, 6) is 0.908. The number of nitrogens with zero attached hydrogens (tertiary/aromatic N) is 2. The van der Waals surface area contributed by atoms with Gasteiger partial charge >= 0.3 is 12.0 Å². The molecule has 158 valence electrons. The molecule has 2 aliphatic heterocycles. The van der Waals surface area contributed by atoms with Gasteiger partial charge in [0.05, 0.1) is 24.7 Å². The Kier molecular flexibility index (Phi) is 4.70. The van der Waals surface area contributed by atoms with Gasteiger partial charge in [-0.2, -0.15) is 0 Å². The summed E-state index contributed by atoms with van der Waals surface area (Å²) in [5, 5.41) is 2.91. The number of ether oxygens (including phenoxy) is 3. The third kappa shape index (κ3) is 3.43. The second-order valence-electron chi connectivity index (χ2n) is 7.22. The number of carbonyl (C=O) groups is 2. The Labute approximate surface area is 177 Å². The van der Waals surface area contributed by atoms with E-state index >= 15 is 0 Å². The highest BCUT2D eigenvalue weighted by molar-refractivity contribution is 5.92. The quantitative estimate of drug-likeness (QED) is 0.631. The molecule has 9 nitrogen and oxygen atoms in total. The van der Waals surface area contributed by atoms with E-state index in [0.717, 1.165) is 17.0 Å². The fourth-order valence-corrected chi connectivity index (χ4v) is 3.92. The van der Waals surface area contributed by atoms with Crippen molar-refractivity contribution < 1.29 is 23.8 Å². The van der Waals surface area contributed by atoms with Crippen molar-refractivity contribution in [2.45, 2.75) is 12.5 Å². The molecule has 2 amide bonds. The first-order valence-corrected chi connectivity index (χ1v) is 9.82. The molecule has 1 atom stereocenters. The monoisotopic (exact) mass is 420 g/mol. The largest absolute Gasteiger partial charge is 0.465 e. The van der Waals surface area contributed by atoms with E-state index in [2.05, 4.69) is 15.3 Å². The molecule has 5 rings (SSSR count). The lowest BCUT2D eigenvalue weighted by Crippen LogP contribution is -2.43. The lowest BCUT2D eigenvalue weighted by Gasteiger charge is -2.35. The molecule has 0 fully saturated rings. The Morgan fingerprint density at radius 2 is 1.97 bits per heavy atom. The van der Waals surface area contributed by atoms with Crippen LogP contribution < -0.4 is 14.8 Å². The van der Waals surface area contributed by atoms with Gasteiger partial charge in [-0.05, 0) is 42.0 Å². The van der Waals surface area contributed by atoms with E-state index in [4.69, 9.17) is 14.2 Å². The maximum Gasteiger partial charge on any atom is 0.337 e. The number of rotatable bonds is 3.